The Hall–Kier alpha value is -0.530. The molecule has 1 amide bonds. The topological polar surface area (TPSA) is 29.1 Å². The maximum Gasteiger partial charge on any atom is 0.220 e. The maximum absolute atomic E-state index is 10.6. The van der Waals surface area contributed by atoms with Crippen molar-refractivity contribution in [3.05, 3.63) is 0 Å². The third-order valence-corrected chi connectivity index (χ3v) is 2.09. The molecule has 2 aliphatic rings. The standard InChI is InChI=1S/C6H9NO.C2H6/c8-5-1-2-6(7-5)3-4-6;1-2/h1-4H2,(H,7,8);1-2H3. The fraction of sp³-hybridized carbons (Fsp3) is 0.875. The summed E-state index contributed by atoms with van der Waals surface area (Å²) in [5, 5.41) is 2.97. The molecule has 0 atom stereocenters. The van der Waals surface area contributed by atoms with Crippen LogP contribution in [0.4, 0.5) is 0 Å². The van der Waals surface area contributed by atoms with E-state index in [2.05, 4.69) is 5.32 Å². The van der Waals surface area contributed by atoms with Gasteiger partial charge in [-0.25, -0.2) is 0 Å². The van der Waals surface area contributed by atoms with Gasteiger partial charge in [0, 0.05) is 12.0 Å². The first-order valence-electron chi connectivity index (χ1n) is 4.12. The number of amides is 1. The van der Waals surface area contributed by atoms with Gasteiger partial charge in [0.1, 0.15) is 0 Å². The van der Waals surface area contributed by atoms with Crippen molar-refractivity contribution in [1.29, 1.82) is 0 Å². The van der Waals surface area contributed by atoms with Crippen molar-refractivity contribution in [2.24, 2.45) is 0 Å². The molecule has 1 saturated carbocycles. The summed E-state index contributed by atoms with van der Waals surface area (Å²) in [6, 6.07) is 0. The molecular weight excluding hydrogens is 126 g/mol. The maximum atomic E-state index is 10.6. The summed E-state index contributed by atoms with van der Waals surface area (Å²) < 4.78 is 0. The van der Waals surface area contributed by atoms with Crippen molar-refractivity contribution in [3.8, 4) is 0 Å². The molecule has 1 aliphatic heterocycles. The highest BCUT2D eigenvalue weighted by molar-refractivity contribution is 5.80. The normalized spacial score (nSPS) is 25.2. The molecular formula is C8H15NO. The molecule has 0 bridgehead atoms. The van der Waals surface area contributed by atoms with Crippen molar-refractivity contribution >= 4 is 5.91 Å². The molecule has 0 aromatic heterocycles. The summed E-state index contributed by atoms with van der Waals surface area (Å²) in [6.45, 7) is 4.00. The first kappa shape index (κ1) is 7.58. The Labute approximate surface area is 62.0 Å². The zero-order chi connectivity index (χ0) is 7.61. The molecule has 10 heavy (non-hydrogen) atoms. The van der Waals surface area contributed by atoms with E-state index in [4.69, 9.17) is 0 Å². The van der Waals surface area contributed by atoms with Crippen molar-refractivity contribution < 1.29 is 4.79 Å². The SMILES string of the molecule is CC.O=C1CCC2(CC2)N1. The van der Waals surface area contributed by atoms with Crippen LogP contribution in [0.15, 0.2) is 0 Å². The van der Waals surface area contributed by atoms with Gasteiger partial charge >= 0.3 is 0 Å². The molecule has 0 aromatic rings. The van der Waals surface area contributed by atoms with Gasteiger partial charge < -0.3 is 5.32 Å². The highest BCUT2D eigenvalue weighted by atomic mass is 16.2. The van der Waals surface area contributed by atoms with Crippen molar-refractivity contribution in [2.45, 2.75) is 45.1 Å². The minimum absolute atomic E-state index is 0.252. The van der Waals surface area contributed by atoms with Gasteiger partial charge in [-0.1, -0.05) is 13.8 Å². The average Bonchev–Trinajstić information content (AvgIpc) is 2.60. The van der Waals surface area contributed by atoms with Crippen molar-refractivity contribution in [1.82, 2.24) is 5.32 Å². The first-order chi connectivity index (χ1) is 4.81. The minimum atomic E-state index is 0.252. The quantitative estimate of drug-likeness (QED) is 0.543. The molecule has 2 heteroatoms. The number of rotatable bonds is 0. The zero-order valence-electron chi connectivity index (χ0n) is 6.74. The third-order valence-electron chi connectivity index (χ3n) is 2.09. The van der Waals surface area contributed by atoms with Gasteiger partial charge in [0.05, 0.1) is 0 Å². The molecule has 2 nitrogen and oxygen atoms in total. The number of hydrogen-bond acceptors (Lipinski definition) is 1. The van der Waals surface area contributed by atoms with Crippen molar-refractivity contribution in [2.75, 3.05) is 0 Å². The molecule has 2 fully saturated rings. The number of nitrogens with one attached hydrogen (secondary N) is 1. The van der Waals surface area contributed by atoms with Gasteiger partial charge in [-0.05, 0) is 19.3 Å². The lowest BCUT2D eigenvalue weighted by Gasteiger charge is -2.01. The molecule has 1 N–H and O–H groups in total. The van der Waals surface area contributed by atoms with Gasteiger partial charge in [0.2, 0.25) is 5.91 Å². The summed E-state index contributed by atoms with van der Waals surface area (Å²) >= 11 is 0. The van der Waals surface area contributed by atoms with Crippen LogP contribution in [0.2, 0.25) is 0 Å². The Morgan fingerprint density at radius 1 is 1.30 bits per heavy atom. The van der Waals surface area contributed by atoms with Crippen LogP contribution in [-0.4, -0.2) is 11.4 Å². The van der Waals surface area contributed by atoms with Crippen LogP contribution in [0.25, 0.3) is 0 Å². The molecule has 1 saturated heterocycles. The molecule has 1 heterocycles. The van der Waals surface area contributed by atoms with E-state index in [1.54, 1.807) is 0 Å². The fourth-order valence-corrected chi connectivity index (χ4v) is 1.30. The second-order valence-corrected chi connectivity index (χ2v) is 2.83. The van der Waals surface area contributed by atoms with E-state index in [1.165, 1.54) is 12.8 Å². The summed E-state index contributed by atoms with van der Waals surface area (Å²) in [7, 11) is 0. The molecule has 0 unspecified atom stereocenters. The highest BCUT2D eigenvalue weighted by Gasteiger charge is 2.47. The van der Waals surface area contributed by atoms with E-state index in [9.17, 15) is 4.79 Å². The van der Waals surface area contributed by atoms with Crippen LogP contribution in [0, 0.1) is 0 Å². The van der Waals surface area contributed by atoms with Gasteiger partial charge in [0.15, 0.2) is 0 Å². The molecule has 1 spiro atoms. The number of carbonyl (C=O) groups is 1. The Balaban J connectivity index is 0.000000231. The average molecular weight is 141 g/mol. The van der Waals surface area contributed by atoms with E-state index < -0.39 is 0 Å². The van der Waals surface area contributed by atoms with Gasteiger partial charge in [-0.3, -0.25) is 4.79 Å². The van der Waals surface area contributed by atoms with Crippen LogP contribution in [0.1, 0.15) is 39.5 Å². The predicted octanol–water partition coefficient (Wildman–Crippen LogP) is 1.46. The lowest BCUT2D eigenvalue weighted by molar-refractivity contribution is -0.119. The van der Waals surface area contributed by atoms with Crippen LogP contribution >= 0.6 is 0 Å². The zero-order valence-corrected chi connectivity index (χ0v) is 6.74. The highest BCUT2D eigenvalue weighted by Crippen LogP contribution is 2.42. The second-order valence-electron chi connectivity index (χ2n) is 2.83. The summed E-state index contributed by atoms with van der Waals surface area (Å²) in [6.07, 6.45) is 4.29. The Bertz CT molecular complexity index is 138. The van der Waals surface area contributed by atoms with Crippen LogP contribution in [0.3, 0.4) is 0 Å². The monoisotopic (exact) mass is 141 g/mol. The number of carbonyl (C=O) groups excluding carboxylic acids is 1. The molecule has 0 radical (unpaired) electrons. The van der Waals surface area contributed by atoms with E-state index in [0.29, 0.717) is 5.54 Å². The van der Waals surface area contributed by atoms with E-state index in [-0.39, 0.29) is 5.91 Å². The first-order valence-corrected chi connectivity index (χ1v) is 4.12. The van der Waals surface area contributed by atoms with E-state index >= 15 is 0 Å². The lowest BCUT2D eigenvalue weighted by atomic mass is 10.2. The summed E-state index contributed by atoms with van der Waals surface area (Å²) in [4.78, 5) is 10.6. The number of hydrogen-bond donors (Lipinski definition) is 1. The van der Waals surface area contributed by atoms with Crippen LogP contribution in [0.5, 0.6) is 0 Å². The lowest BCUT2D eigenvalue weighted by Crippen LogP contribution is -2.26. The molecule has 1 aliphatic carbocycles. The Kier molecular flexibility index (Phi) is 1.97. The predicted molar refractivity (Wildman–Crippen MR) is 40.7 cm³/mol. The molecule has 2 rings (SSSR count). The van der Waals surface area contributed by atoms with Crippen LogP contribution in [-0.2, 0) is 4.79 Å². The molecule has 0 aromatic carbocycles. The Morgan fingerprint density at radius 2 is 1.90 bits per heavy atom. The van der Waals surface area contributed by atoms with E-state index in [0.717, 1.165) is 12.8 Å². The van der Waals surface area contributed by atoms with Crippen molar-refractivity contribution in [3.63, 3.8) is 0 Å². The fourth-order valence-electron chi connectivity index (χ4n) is 1.30. The Morgan fingerprint density at radius 3 is 2.10 bits per heavy atom. The van der Waals surface area contributed by atoms with Gasteiger partial charge in [0.25, 0.3) is 0 Å². The van der Waals surface area contributed by atoms with Crippen LogP contribution < -0.4 is 5.32 Å². The summed E-state index contributed by atoms with van der Waals surface area (Å²) in [5.41, 5.74) is 0.317. The van der Waals surface area contributed by atoms with E-state index in [1.807, 2.05) is 13.8 Å². The summed E-state index contributed by atoms with van der Waals surface area (Å²) in [5.74, 6) is 0.252. The molecule has 58 valence electrons. The minimum Gasteiger partial charge on any atom is -0.351 e. The second kappa shape index (κ2) is 2.60. The smallest absolute Gasteiger partial charge is 0.220 e. The van der Waals surface area contributed by atoms with Gasteiger partial charge in [-0.2, -0.15) is 0 Å². The largest absolute Gasteiger partial charge is 0.351 e. The van der Waals surface area contributed by atoms with Gasteiger partial charge in [-0.15, -0.1) is 0 Å². The third kappa shape index (κ3) is 1.31.